The molecule has 0 atom stereocenters. The number of hydrogen-bond donors (Lipinski definition) is 0. The molecule has 166 valence electrons. The maximum absolute atomic E-state index is 11.4. The number of fused-ring (bicyclic) bond motifs is 1. The number of hydrogen-bond acceptors (Lipinski definition) is 6. The van der Waals surface area contributed by atoms with E-state index in [0.29, 0.717) is 11.6 Å². The molecular formula is C24H28ClNO4S. The molecule has 0 N–H and O–H groups in total. The Bertz CT molecular complexity index is 1030. The Hall–Kier alpha value is -2.18. The molecule has 0 aliphatic carbocycles. The minimum absolute atomic E-state index is 0.227. The summed E-state index contributed by atoms with van der Waals surface area (Å²) in [6, 6.07) is 9.77. The van der Waals surface area contributed by atoms with Crippen LogP contribution in [0.2, 0.25) is 5.02 Å². The molecule has 0 unspecified atom stereocenters. The highest BCUT2D eigenvalue weighted by Gasteiger charge is 2.15. The number of rotatable bonds is 11. The fraction of sp³-hybridized carbons (Fsp3) is 0.417. The number of thioether (sulfide) groups is 1. The van der Waals surface area contributed by atoms with Crippen LogP contribution in [0.15, 0.2) is 39.8 Å². The Labute approximate surface area is 192 Å². The summed E-state index contributed by atoms with van der Waals surface area (Å²) < 4.78 is 16.4. The highest BCUT2D eigenvalue weighted by atomic mass is 35.5. The molecule has 0 saturated carbocycles. The molecule has 2 aromatic carbocycles. The van der Waals surface area contributed by atoms with Crippen molar-refractivity contribution in [1.82, 2.24) is 5.16 Å². The van der Waals surface area contributed by atoms with Crippen LogP contribution in [0.25, 0.3) is 11.0 Å². The summed E-state index contributed by atoms with van der Waals surface area (Å²) in [5, 5.41) is 5.94. The first-order valence-corrected chi connectivity index (χ1v) is 11.9. The molecule has 0 bridgehead atoms. The van der Waals surface area contributed by atoms with Gasteiger partial charge in [0.05, 0.1) is 30.9 Å². The quantitative estimate of drug-likeness (QED) is 0.190. The van der Waals surface area contributed by atoms with Crippen molar-refractivity contribution >= 4 is 40.3 Å². The van der Waals surface area contributed by atoms with Gasteiger partial charge in [0.2, 0.25) is 0 Å². The number of nitrogens with zero attached hydrogens (tertiary/aromatic N) is 1. The van der Waals surface area contributed by atoms with E-state index >= 15 is 0 Å². The molecule has 1 aromatic heterocycles. The molecule has 0 fully saturated rings. The van der Waals surface area contributed by atoms with Crippen LogP contribution in [0.1, 0.15) is 43.5 Å². The standard InChI is InChI=1S/C24H28ClNO4S/c1-4-7-18-21(10-9-17-20(5-2)26-30-24(17)18)29-12-6-13-31-22-11-8-16(14-19(22)25)15-23(27)28-3/h8-11,14H,4-7,12-13,15H2,1-3H3. The monoisotopic (exact) mass is 461 g/mol. The van der Waals surface area contributed by atoms with Crippen molar-refractivity contribution in [2.75, 3.05) is 19.5 Å². The summed E-state index contributed by atoms with van der Waals surface area (Å²) in [4.78, 5) is 12.4. The maximum atomic E-state index is 11.4. The van der Waals surface area contributed by atoms with Crippen molar-refractivity contribution in [2.45, 2.75) is 50.8 Å². The van der Waals surface area contributed by atoms with Crippen LogP contribution < -0.4 is 4.74 Å². The molecule has 0 saturated heterocycles. The van der Waals surface area contributed by atoms with Gasteiger partial charge in [0, 0.05) is 21.6 Å². The van der Waals surface area contributed by atoms with E-state index in [1.165, 1.54) is 7.11 Å². The Morgan fingerprint density at radius 2 is 2.06 bits per heavy atom. The van der Waals surface area contributed by atoms with Crippen LogP contribution in [-0.2, 0) is 28.8 Å². The fourth-order valence-electron chi connectivity index (χ4n) is 3.40. The van der Waals surface area contributed by atoms with E-state index < -0.39 is 0 Å². The lowest BCUT2D eigenvalue weighted by Crippen LogP contribution is -2.04. The number of aryl methyl sites for hydroxylation is 2. The van der Waals surface area contributed by atoms with Crippen LogP contribution in [0.5, 0.6) is 5.75 Å². The van der Waals surface area contributed by atoms with Gasteiger partial charge in [0.1, 0.15) is 5.75 Å². The summed E-state index contributed by atoms with van der Waals surface area (Å²) >= 11 is 8.05. The van der Waals surface area contributed by atoms with Gasteiger partial charge in [0.25, 0.3) is 0 Å². The van der Waals surface area contributed by atoms with Crippen LogP contribution in [0.3, 0.4) is 0 Å². The number of esters is 1. The van der Waals surface area contributed by atoms with Crippen LogP contribution >= 0.6 is 23.4 Å². The first kappa shape index (κ1) is 23.5. The fourth-order valence-corrected chi connectivity index (χ4v) is 4.61. The van der Waals surface area contributed by atoms with Crippen molar-refractivity contribution in [3.63, 3.8) is 0 Å². The molecule has 0 amide bonds. The van der Waals surface area contributed by atoms with Crippen LogP contribution in [-0.4, -0.2) is 30.6 Å². The zero-order valence-electron chi connectivity index (χ0n) is 18.2. The Morgan fingerprint density at radius 3 is 2.77 bits per heavy atom. The molecule has 3 aromatic rings. The summed E-state index contributed by atoms with van der Waals surface area (Å²) in [5.41, 5.74) is 3.79. The van der Waals surface area contributed by atoms with E-state index in [9.17, 15) is 4.79 Å². The van der Waals surface area contributed by atoms with E-state index in [4.69, 9.17) is 25.6 Å². The van der Waals surface area contributed by atoms with E-state index in [1.54, 1.807) is 11.8 Å². The minimum Gasteiger partial charge on any atom is -0.493 e. The lowest BCUT2D eigenvalue weighted by molar-refractivity contribution is -0.139. The van der Waals surface area contributed by atoms with Gasteiger partial charge in [-0.05, 0) is 49.1 Å². The Balaban J connectivity index is 1.54. The molecule has 0 spiro atoms. The number of methoxy groups -OCH3 is 1. The highest BCUT2D eigenvalue weighted by molar-refractivity contribution is 7.99. The summed E-state index contributed by atoms with van der Waals surface area (Å²) in [6.07, 6.45) is 3.86. The van der Waals surface area contributed by atoms with Gasteiger partial charge in [0.15, 0.2) is 5.58 Å². The number of aromatic nitrogens is 1. The number of halogens is 1. The van der Waals surface area contributed by atoms with Crippen LogP contribution in [0, 0.1) is 0 Å². The molecule has 0 aliphatic rings. The molecular weight excluding hydrogens is 434 g/mol. The normalized spacial score (nSPS) is 11.1. The van der Waals surface area contributed by atoms with Crippen molar-refractivity contribution in [3.05, 3.63) is 52.2 Å². The molecule has 1 heterocycles. The van der Waals surface area contributed by atoms with Gasteiger partial charge >= 0.3 is 5.97 Å². The largest absolute Gasteiger partial charge is 0.493 e. The van der Waals surface area contributed by atoms with Gasteiger partial charge in [-0.1, -0.05) is 43.1 Å². The van der Waals surface area contributed by atoms with Crippen molar-refractivity contribution in [1.29, 1.82) is 0 Å². The van der Waals surface area contributed by atoms with Crippen LogP contribution in [0.4, 0.5) is 0 Å². The molecule has 0 radical (unpaired) electrons. The third-order valence-electron chi connectivity index (χ3n) is 4.99. The maximum Gasteiger partial charge on any atom is 0.309 e. The first-order chi connectivity index (χ1) is 15.1. The number of carbonyl (C=O) groups is 1. The number of benzene rings is 2. The zero-order chi connectivity index (χ0) is 22.2. The predicted octanol–water partition coefficient (Wildman–Crippen LogP) is 6.27. The zero-order valence-corrected chi connectivity index (χ0v) is 19.8. The molecule has 31 heavy (non-hydrogen) atoms. The van der Waals surface area contributed by atoms with Gasteiger partial charge in [-0.3, -0.25) is 4.79 Å². The van der Waals surface area contributed by atoms with E-state index in [0.717, 1.165) is 69.9 Å². The molecule has 5 nitrogen and oxygen atoms in total. The molecule has 7 heteroatoms. The lowest BCUT2D eigenvalue weighted by Gasteiger charge is -2.12. The molecule has 0 aliphatic heterocycles. The second kappa shape index (κ2) is 11.4. The minimum atomic E-state index is -0.273. The van der Waals surface area contributed by atoms with Gasteiger partial charge in [-0.2, -0.15) is 0 Å². The van der Waals surface area contributed by atoms with Gasteiger partial charge < -0.3 is 14.0 Å². The van der Waals surface area contributed by atoms with Crippen molar-refractivity contribution in [3.8, 4) is 5.75 Å². The Kier molecular flexibility index (Phi) is 8.67. The van der Waals surface area contributed by atoms with E-state index in [2.05, 4.69) is 19.0 Å². The molecule has 3 rings (SSSR count). The smallest absolute Gasteiger partial charge is 0.309 e. The first-order valence-electron chi connectivity index (χ1n) is 10.6. The van der Waals surface area contributed by atoms with Gasteiger partial charge in [-0.15, -0.1) is 11.8 Å². The average molecular weight is 462 g/mol. The SMILES string of the molecule is CCCc1c(OCCCSc2ccc(CC(=O)OC)cc2Cl)ccc2c(CC)noc12. The highest BCUT2D eigenvalue weighted by Crippen LogP contribution is 2.32. The third-order valence-corrected chi connectivity index (χ3v) is 6.57. The van der Waals surface area contributed by atoms with E-state index in [1.807, 2.05) is 30.3 Å². The summed E-state index contributed by atoms with van der Waals surface area (Å²) in [7, 11) is 1.38. The topological polar surface area (TPSA) is 61.6 Å². The van der Waals surface area contributed by atoms with E-state index in [-0.39, 0.29) is 12.4 Å². The summed E-state index contributed by atoms with van der Waals surface area (Å²) in [6.45, 7) is 4.84. The second-order valence-electron chi connectivity index (χ2n) is 7.22. The lowest BCUT2D eigenvalue weighted by atomic mass is 10.0. The van der Waals surface area contributed by atoms with Gasteiger partial charge in [-0.25, -0.2) is 0 Å². The average Bonchev–Trinajstić information content (AvgIpc) is 3.19. The van der Waals surface area contributed by atoms with Crippen molar-refractivity contribution in [2.24, 2.45) is 0 Å². The number of carbonyl (C=O) groups excluding carboxylic acids is 1. The van der Waals surface area contributed by atoms with Crippen molar-refractivity contribution < 1.29 is 18.8 Å². The third kappa shape index (κ3) is 5.95. The second-order valence-corrected chi connectivity index (χ2v) is 8.76. The number of ether oxygens (including phenoxy) is 2. The predicted molar refractivity (Wildman–Crippen MR) is 125 cm³/mol. The summed E-state index contributed by atoms with van der Waals surface area (Å²) in [5.74, 6) is 1.48. The Morgan fingerprint density at radius 1 is 1.23 bits per heavy atom.